The number of allylic oxidation sites excluding steroid dienone is 14. The predicted octanol–water partition coefficient (Wildman–Crippen LogP) is 8.14. The molecule has 1 rings (SSSR count). The largest absolute Gasteiger partial charge is 0.472 e. The Morgan fingerprint density at radius 3 is 1.54 bits per heavy atom. The SMILES string of the molecule is CCCCC/C=C\C/C=C\C/C=C\C/C=C\CCCC(=O)O[C@H](COC(=O)CCC/C=C/C=C\C(O)C/C=C\C/C=C\CCCCC)COP(=O)(O)O[C@H]1C(O)C(O)C(O)[C@@H](OP(=O)(O)O)C1O. The van der Waals surface area contributed by atoms with Crippen LogP contribution in [0.5, 0.6) is 0 Å². The summed E-state index contributed by atoms with van der Waals surface area (Å²) in [7, 11) is -10.8. The molecule has 1 saturated carbocycles. The lowest BCUT2D eigenvalue weighted by Crippen LogP contribution is -2.64. The van der Waals surface area contributed by atoms with Crippen molar-refractivity contribution in [3.8, 4) is 0 Å². The molecule has 1 aliphatic rings. The molecule has 0 radical (unpaired) electrons. The maximum absolute atomic E-state index is 13.0. The third-order valence-electron chi connectivity index (χ3n) is 10.2. The summed E-state index contributed by atoms with van der Waals surface area (Å²) in [6, 6.07) is 0. The van der Waals surface area contributed by atoms with E-state index in [9.17, 15) is 58.9 Å². The van der Waals surface area contributed by atoms with Gasteiger partial charge >= 0.3 is 27.6 Å². The van der Waals surface area contributed by atoms with E-state index in [0.29, 0.717) is 38.5 Å². The first-order valence-corrected chi connectivity index (χ1v) is 26.9. The normalized spacial score (nSPS) is 22.6. The molecule has 6 unspecified atom stereocenters. The molecular weight excluding hydrogens is 922 g/mol. The molecule has 0 aromatic carbocycles. The third-order valence-corrected chi connectivity index (χ3v) is 11.7. The Bertz CT molecular complexity index is 1700. The number of phosphoric ester groups is 2. The van der Waals surface area contributed by atoms with Crippen molar-refractivity contribution in [2.75, 3.05) is 13.2 Å². The third kappa shape index (κ3) is 32.6. The molecule has 0 bridgehead atoms. The first kappa shape index (κ1) is 62.9. The number of ether oxygens (including phenoxy) is 2. The van der Waals surface area contributed by atoms with E-state index < -0.39 is 89.6 Å². The Balaban J connectivity index is 2.72. The number of carbonyl (C=O) groups excluding carboxylic acids is 2. The fraction of sp³-hybridized carbons (Fsp3) is 0.633. The van der Waals surface area contributed by atoms with Gasteiger partial charge in [-0.2, -0.15) is 0 Å². The Labute approximate surface area is 403 Å². The summed E-state index contributed by atoms with van der Waals surface area (Å²) in [5, 5.41) is 51.4. The van der Waals surface area contributed by atoms with Crippen LogP contribution in [0.3, 0.4) is 0 Å². The van der Waals surface area contributed by atoms with E-state index >= 15 is 0 Å². The number of esters is 2. The number of carbonyl (C=O) groups is 2. The first-order chi connectivity index (χ1) is 32.5. The van der Waals surface area contributed by atoms with Crippen molar-refractivity contribution in [3.05, 3.63) is 97.2 Å². The fourth-order valence-electron chi connectivity index (χ4n) is 6.44. The van der Waals surface area contributed by atoms with Gasteiger partial charge in [0.15, 0.2) is 6.10 Å². The minimum atomic E-state index is -5.39. The van der Waals surface area contributed by atoms with Crippen molar-refractivity contribution >= 4 is 27.6 Å². The second kappa shape index (κ2) is 38.6. The molecule has 388 valence electrons. The molecule has 1 aliphatic carbocycles. The van der Waals surface area contributed by atoms with Crippen LogP contribution in [-0.2, 0) is 41.8 Å². The molecule has 0 heterocycles. The molecule has 0 amide bonds. The molecule has 0 aromatic heterocycles. The highest BCUT2D eigenvalue weighted by Gasteiger charge is 2.54. The molecule has 0 spiro atoms. The lowest BCUT2D eigenvalue weighted by atomic mass is 9.85. The van der Waals surface area contributed by atoms with Crippen LogP contribution in [0, 0.1) is 0 Å². The molecule has 68 heavy (non-hydrogen) atoms. The Morgan fingerprint density at radius 2 is 1.01 bits per heavy atom. The zero-order chi connectivity index (χ0) is 50.5. The van der Waals surface area contributed by atoms with Crippen molar-refractivity contribution in [2.45, 2.75) is 185 Å². The Kier molecular flexibility index (Phi) is 35.7. The van der Waals surface area contributed by atoms with Crippen LogP contribution in [0.15, 0.2) is 97.2 Å². The van der Waals surface area contributed by atoms with Gasteiger partial charge in [-0.05, 0) is 83.5 Å². The van der Waals surface area contributed by atoms with Gasteiger partial charge in [-0.25, -0.2) is 9.13 Å². The molecular formula is C49H80O17P2. The number of hydrogen-bond acceptors (Lipinski definition) is 14. The highest BCUT2D eigenvalue weighted by molar-refractivity contribution is 7.47. The summed E-state index contributed by atoms with van der Waals surface area (Å²) >= 11 is 0. The van der Waals surface area contributed by atoms with Gasteiger partial charge in [0.1, 0.15) is 43.2 Å². The van der Waals surface area contributed by atoms with E-state index in [2.05, 4.69) is 60.9 Å². The van der Waals surface area contributed by atoms with Crippen molar-refractivity contribution in [1.82, 2.24) is 0 Å². The average Bonchev–Trinajstić information content (AvgIpc) is 3.29. The van der Waals surface area contributed by atoms with Crippen LogP contribution in [-0.4, -0.2) is 114 Å². The van der Waals surface area contributed by atoms with E-state index in [4.69, 9.17) is 18.5 Å². The van der Waals surface area contributed by atoms with Gasteiger partial charge in [0.05, 0.1) is 12.7 Å². The van der Waals surface area contributed by atoms with Crippen molar-refractivity contribution in [2.24, 2.45) is 0 Å². The summed E-state index contributed by atoms with van der Waals surface area (Å²) in [6.07, 6.45) is 31.1. The van der Waals surface area contributed by atoms with Crippen molar-refractivity contribution in [3.63, 3.8) is 0 Å². The lowest BCUT2D eigenvalue weighted by molar-refractivity contribution is -0.216. The van der Waals surface area contributed by atoms with Crippen molar-refractivity contribution < 1.29 is 82.0 Å². The number of rotatable bonds is 38. The van der Waals surface area contributed by atoms with Crippen LogP contribution < -0.4 is 0 Å². The van der Waals surface area contributed by atoms with Crippen LogP contribution in [0.4, 0.5) is 0 Å². The fourth-order valence-corrected chi connectivity index (χ4v) is 7.98. The zero-order valence-corrected chi connectivity index (χ0v) is 41.6. The number of aliphatic hydroxyl groups excluding tert-OH is 5. The van der Waals surface area contributed by atoms with Crippen LogP contribution in [0.25, 0.3) is 0 Å². The highest BCUT2D eigenvalue weighted by Crippen LogP contribution is 2.49. The minimum Gasteiger partial charge on any atom is -0.462 e. The van der Waals surface area contributed by atoms with Gasteiger partial charge < -0.3 is 49.7 Å². The molecule has 17 nitrogen and oxygen atoms in total. The molecule has 0 saturated heterocycles. The topological polar surface area (TPSA) is 276 Å². The zero-order valence-electron chi connectivity index (χ0n) is 39.9. The minimum absolute atomic E-state index is 0.0315. The van der Waals surface area contributed by atoms with E-state index in [0.717, 1.165) is 32.1 Å². The van der Waals surface area contributed by atoms with E-state index in [-0.39, 0.29) is 12.8 Å². The molecule has 0 aromatic rings. The van der Waals surface area contributed by atoms with E-state index in [1.807, 2.05) is 36.5 Å². The van der Waals surface area contributed by atoms with Crippen LogP contribution in [0.2, 0.25) is 0 Å². The Morgan fingerprint density at radius 1 is 0.544 bits per heavy atom. The van der Waals surface area contributed by atoms with Crippen LogP contribution in [0.1, 0.15) is 136 Å². The molecule has 9 atom stereocenters. The summed E-state index contributed by atoms with van der Waals surface area (Å²) < 4.78 is 49.2. The monoisotopic (exact) mass is 1000 g/mol. The standard InChI is InChI=1S/C49H80O17P2/c1-3-5-7-9-11-13-14-15-16-17-18-19-20-22-24-28-33-37-43(52)64-41(39-63-68(60,61)66-49-46(55)44(53)45(54)48(47(49)56)65-67(57,58)59)38-62-42(51)36-32-29-25-27-31-35-40(50)34-30-26-23-21-12-10-8-6-4-2/h11-13,15-16,18-19,21-22,24-27,30-31,35,40-41,44-50,53-56H,3-10,14,17,20,23,28-29,32-34,36-39H2,1-2H3,(H,60,61)(H2,57,58,59)/b13-11-,16-15-,19-18-,21-12-,24-22-,27-25+,30-26-,35-31-/t40?,41-,44?,45?,46?,47?,48-,49+/m1/s1. The maximum atomic E-state index is 13.0. The maximum Gasteiger partial charge on any atom is 0.472 e. The van der Waals surface area contributed by atoms with E-state index in [1.54, 1.807) is 18.2 Å². The number of unbranched alkanes of at least 4 members (excludes halogenated alkanes) is 8. The second-order valence-electron chi connectivity index (χ2n) is 16.3. The number of aliphatic hydroxyl groups is 5. The average molecular weight is 1000 g/mol. The summed E-state index contributed by atoms with van der Waals surface area (Å²) in [5.74, 6) is -1.41. The lowest BCUT2D eigenvalue weighted by Gasteiger charge is -2.43. The molecule has 19 heteroatoms. The Hall–Kier alpha value is -3.12. The summed E-state index contributed by atoms with van der Waals surface area (Å²) in [6.45, 7) is 2.87. The summed E-state index contributed by atoms with van der Waals surface area (Å²) in [5.41, 5.74) is 0. The van der Waals surface area contributed by atoms with Gasteiger partial charge in [-0.15, -0.1) is 0 Å². The second-order valence-corrected chi connectivity index (χ2v) is 18.9. The predicted molar refractivity (Wildman–Crippen MR) is 261 cm³/mol. The molecule has 0 aliphatic heterocycles. The quantitative estimate of drug-likeness (QED) is 0.00953. The summed E-state index contributed by atoms with van der Waals surface area (Å²) in [4.78, 5) is 54.2. The first-order valence-electron chi connectivity index (χ1n) is 23.9. The van der Waals surface area contributed by atoms with E-state index in [1.165, 1.54) is 38.5 Å². The molecule has 1 fully saturated rings. The van der Waals surface area contributed by atoms with Gasteiger partial charge in [0, 0.05) is 12.8 Å². The van der Waals surface area contributed by atoms with Gasteiger partial charge in [0.2, 0.25) is 0 Å². The van der Waals surface area contributed by atoms with Crippen molar-refractivity contribution in [1.29, 1.82) is 0 Å². The number of hydrogen-bond donors (Lipinski definition) is 8. The van der Waals surface area contributed by atoms with Gasteiger partial charge in [-0.1, -0.05) is 137 Å². The number of phosphoric acid groups is 2. The van der Waals surface area contributed by atoms with Gasteiger partial charge in [0.25, 0.3) is 0 Å². The highest BCUT2D eigenvalue weighted by atomic mass is 31.2. The molecule has 8 N–H and O–H groups in total. The smallest absolute Gasteiger partial charge is 0.462 e. The van der Waals surface area contributed by atoms with Crippen LogP contribution >= 0.6 is 15.6 Å². The van der Waals surface area contributed by atoms with Gasteiger partial charge in [-0.3, -0.25) is 23.2 Å².